The van der Waals surface area contributed by atoms with Crippen LogP contribution >= 0.6 is 0 Å². The maximum Gasteiger partial charge on any atom is 0.219 e. The standard InChI is InChI=1S/C8H16N2O3S/c1-7(11)10(2)5-8-6-14(12,13)4-3-9-8/h8-9H,3-6H2,1-2H3. The summed E-state index contributed by atoms with van der Waals surface area (Å²) in [6, 6.07) is -0.123. The molecule has 0 aromatic carbocycles. The highest BCUT2D eigenvalue weighted by Crippen LogP contribution is 2.02. The minimum absolute atomic E-state index is 0.0465. The van der Waals surface area contributed by atoms with Crippen molar-refractivity contribution in [3.05, 3.63) is 0 Å². The van der Waals surface area contributed by atoms with Gasteiger partial charge in [0.1, 0.15) is 0 Å². The van der Waals surface area contributed by atoms with E-state index >= 15 is 0 Å². The van der Waals surface area contributed by atoms with Crippen LogP contribution in [0, 0.1) is 0 Å². The number of nitrogens with one attached hydrogen (secondary N) is 1. The van der Waals surface area contributed by atoms with Gasteiger partial charge in [-0.15, -0.1) is 0 Å². The van der Waals surface area contributed by atoms with Gasteiger partial charge in [0.15, 0.2) is 9.84 Å². The largest absolute Gasteiger partial charge is 0.344 e. The molecule has 0 spiro atoms. The van der Waals surface area contributed by atoms with Gasteiger partial charge >= 0.3 is 0 Å². The molecule has 1 amide bonds. The van der Waals surface area contributed by atoms with Crippen molar-refractivity contribution in [3.8, 4) is 0 Å². The molecule has 1 heterocycles. The molecule has 0 aliphatic carbocycles. The summed E-state index contributed by atoms with van der Waals surface area (Å²) in [6.07, 6.45) is 0. The first-order valence-corrected chi connectivity index (χ1v) is 6.38. The predicted octanol–water partition coefficient (Wildman–Crippen LogP) is -1.15. The third-order valence-electron chi connectivity index (χ3n) is 2.33. The first-order valence-electron chi connectivity index (χ1n) is 4.56. The van der Waals surface area contributed by atoms with Gasteiger partial charge in [0.05, 0.1) is 11.5 Å². The van der Waals surface area contributed by atoms with Gasteiger partial charge in [-0.25, -0.2) is 8.42 Å². The normalized spacial score (nSPS) is 25.7. The van der Waals surface area contributed by atoms with Crippen LogP contribution in [0.1, 0.15) is 6.92 Å². The van der Waals surface area contributed by atoms with Crippen LogP contribution in [0.4, 0.5) is 0 Å². The van der Waals surface area contributed by atoms with Gasteiger partial charge in [-0.3, -0.25) is 4.79 Å². The van der Waals surface area contributed by atoms with Gasteiger partial charge in [-0.05, 0) is 0 Å². The molecule has 0 saturated carbocycles. The van der Waals surface area contributed by atoms with Gasteiger partial charge in [0.25, 0.3) is 0 Å². The fourth-order valence-corrected chi connectivity index (χ4v) is 2.88. The summed E-state index contributed by atoms with van der Waals surface area (Å²) >= 11 is 0. The molecule has 0 bridgehead atoms. The Bertz CT molecular complexity index is 313. The maximum atomic E-state index is 11.3. The Morgan fingerprint density at radius 3 is 2.71 bits per heavy atom. The Morgan fingerprint density at radius 2 is 2.21 bits per heavy atom. The average molecular weight is 220 g/mol. The van der Waals surface area contributed by atoms with E-state index in [1.807, 2.05) is 0 Å². The lowest BCUT2D eigenvalue weighted by atomic mass is 10.3. The lowest BCUT2D eigenvalue weighted by Crippen LogP contribution is -2.50. The van der Waals surface area contributed by atoms with E-state index in [2.05, 4.69) is 5.32 Å². The second-order valence-corrected chi connectivity index (χ2v) is 5.89. The summed E-state index contributed by atoms with van der Waals surface area (Å²) in [6.45, 7) is 2.41. The lowest BCUT2D eigenvalue weighted by molar-refractivity contribution is -0.127. The third kappa shape index (κ3) is 3.26. The number of amides is 1. The molecule has 1 unspecified atom stereocenters. The van der Waals surface area contributed by atoms with Crippen LogP contribution in [0.5, 0.6) is 0 Å². The zero-order chi connectivity index (χ0) is 10.8. The molecule has 1 atom stereocenters. The number of rotatable bonds is 2. The van der Waals surface area contributed by atoms with Crippen LogP contribution in [0.2, 0.25) is 0 Å². The quantitative estimate of drug-likeness (QED) is 0.638. The summed E-state index contributed by atoms with van der Waals surface area (Å²) in [5.41, 5.74) is 0. The Kier molecular flexibility index (Phi) is 3.49. The topological polar surface area (TPSA) is 66.5 Å². The minimum atomic E-state index is -2.90. The molecule has 1 N–H and O–H groups in total. The summed E-state index contributed by atoms with van der Waals surface area (Å²) in [5.74, 6) is 0.285. The second-order valence-electron chi connectivity index (χ2n) is 3.66. The van der Waals surface area contributed by atoms with Crippen LogP contribution in [0.3, 0.4) is 0 Å². The molecule has 1 aliphatic rings. The van der Waals surface area contributed by atoms with Crippen molar-refractivity contribution in [1.82, 2.24) is 10.2 Å². The zero-order valence-electron chi connectivity index (χ0n) is 8.49. The van der Waals surface area contributed by atoms with Gasteiger partial charge < -0.3 is 10.2 Å². The minimum Gasteiger partial charge on any atom is -0.344 e. The van der Waals surface area contributed by atoms with Crippen LogP contribution < -0.4 is 5.32 Å². The van der Waals surface area contributed by atoms with E-state index in [1.165, 1.54) is 11.8 Å². The Morgan fingerprint density at radius 1 is 1.57 bits per heavy atom. The Balaban J connectivity index is 2.50. The second kappa shape index (κ2) is 4.27. The molecule has 0 aromatic heterocycles. The van der Waals surface area contributed by atoms with Crippen molar-refractivity contribution < 1.29 is 13.2 Å². The van der Waals surface area contributed by atoms with E-state index in [4.69, 9.17) is 0 Å². The van der Waals surface area contributed by atoms with Gasteiger partial charge in [0.2, 0.25) is 5.91 Å². The first-order chi connectivity index (χ1) is 6.41. The molecule has 82 valence electrons. The summed E-state index contributed by atoms with van der Waals surface area (Å²) in [7, 11) is -1.23. The molecule has 5 nitrogen and oxygen atoms in total. The number of likely N-dealkylation sites (N-methyl/N-ethyl adjacent to an activating group) is 1. The van der Waals surface area contributed by atoms with Crippen LogP contribution in [-0.2, 0) is 14.6 Å². The number of hydrogen-bond acceptors (Lipinski definition) is 4. The summed E-state index contributed by atoms with van der Waals surface area (Å²) in [5, 5.41) is 3.09. The molecule has 1 saturated heterocycles. The Labute approximate surface area is 84.4 Å². The smallest absolute Gasteiger partial charge is 0.219 e. The van der Waals surface area contributed by atoms with Crippen molar-refractivity contribution in [2.45, 2.75) is 13.0 Å². The monoisotopic (exact) mass is 220 g/mol. The predicted molar refractivity (Wildman–Crippen MR) is 53.8 cm³/mol. The van der Waals surface area contributed by atoms with E-state index in [0.29, 0.717) is 13.1 Å². The van der Waals surface area contributed by atoms with Crippen molar-refractivity contribution in [3.63, 3.8) is 0 Å². The van der Waals surface area contributed by atoms with E-state index in [-0.39, 0.29) is 23.5 Å². The van der Waals surface area contributed by atoms with Crippen LogP contribution in [0.25, 0.3) is 0 Å². The molecule has 0 aromatic rings. The lowest BCUT2D eigenvalue weighted by Gasteiger charge is -2.27. The number of carbonyl (C=O) groups is 1. The first kappa shape index (κ1) is 11.5. The highest BCUT2D eigenvalue weighted by molar-refractivity contribution is 7.91. The molecular weight excluding hydrogens is 204 g/mol. The molecule has 1 rings (SSSR count). The van der Waals surface area contributed by atoms with Crippen molar-refractivity contribution in [2.75, 3.05) is 31.6 Å². The molecule has 14 heavy (non-hydrogen) atoms. The van der Waals surface area contributed by atoms with E-state index in [1.54, 1.807) is 7.05 Å². The van der Waals surface area contributed by atoms with Crippen LogP contribution in [0.15, 0.2) is 0 Å². The van der Waals surface area contributed by atoms with Crippen molar-refractivity contribution in [1.29, 1.82) is 0 Å². The maximum absolute atomic E-state index is 11.3. The van der Waals surface area contributed by atoms with Crippen molar-refractivity contribution >= 4 is 15.7 Å². The van der Waals surface area contributed by atoms with Gasteiger partial charge in [-0.2, -0.15) is 0 Å². The van der Waals surface area contributed by atoms with E-state index in [0.717, 1.165) is 0 Å². The number of carbonyl (C=O) groups excluding carboxylic acids is 1. The molecule has 1 fully saturated rings. The molecular formula is C8H16N2O3S. The number of sulfone groups is 1. The van der Waals surface area contributed by atoms with E-state index < -0.39 is 9.84 Å². The summed E-state index contributed by atoms with van der Waals surface area (Å²) < 4.78 is 22.5. The fourth-order valence-electron chi connectivity index (χ4n) is 1.44. The van der Waals surface area contributed by atoms with Gasteiger partial charge in [0, 0.05) is 33.1 Å². The molecule has 1 aliphatic heterocycles. The number of hydrogen-bond donors (Lipinski definition) is 1. The van der Waals surface area contributed by atoms with Crippen molar-refractivity contribution in [2.24, 2.45) is 0 Å². The highest BCUT2D eigenvalue weighted by Gasteiger charge is 2.25. The van der Waals surface area contributed by atoms with E-state index in [9.17, 15) is 13.2 Å². The number of nitrogens with zero attached hydrogens (tertiary/aromatic N) is 1. The SMILES string of the molecule is CC(=O)N(C)CC1CS(=O)(=O)CCN1. The highest BCUT2D eigenvalue weighted by atomic mass is 32.2. The van der Waals surface area contributed by atoms with Gasteiger partial charge in [-0.1, -0.05) is 0 Å². The third-order valence-corrected chi connectivity index (χ3v) is 4.07. The fraction of sp³-hybridized carbons (Fsp3) is 0.875. The molecule has 0 radical (unpaired) electrons. The molecule has 6 heteroatoms. The van der Waals surface area contributed by atoms with Crippen LogP contribution in [-0.4, -0.2) is 56.9 Å². The average Bonchev–Trinajstić information content (AvgIpc) is 2.01. The Hall–Kier alpha value is -0.620. The summed E-state index contributed by atoms with van der Waals surface area (Å²) in [4.78, 5) is 12.5. The zero-order valence-corrected chi connectivity index (χ0v) is 9.30.